The van der Waals surface area contributed by atoms with Gasteiger partial charge in [-0.2, -0.15) is 0 Å². The average Bonchev–Trinajstić information content (AvgIpc) is 2.76. The van der Waals surface area contributed by atoms with Crippen molar-refractivity contribution in [2.24, 2.45) is 5.92 Å². The van der Waals surface area contributed by atoms with E-state index in [1.54, 1.807) is 0 Å². The summed E-state index contributed by atoms with van der Waals surface area (Å²) in [4.78, 5) is 0. The van der Waals surface area contributed by atoms with Gasteiger partial charge >= 0.3 is 0 Å². The van der Waals surface area contributed by atoms with E-state index < -0.39 is 0 Å². The van der Waals surface area contributed by atoms with Crippen molar-refractivity contribution in [3.05, 3.63) is 96.6 Å². The van der Waals surface area contributed by atoms with Crippen LogP contribution in [0, 0.1) is 5.92 Å². The maximum atomic E-state index is 2.39. The molecule has 0 aliphatic rings. The Kier molecular flexibility index (Phi) is 3.83. The Bertz CT molecular complexity index is 1520. The van der Waals surface area contributed by atoms with E-state index in [4.69, 9.17) is 0 Å². The summed E-state index contributed by atoms with van der Waals surface area (Å²) in [5, 5.41) is 10.8. The van der Waals surface area contributed by atoms with E-state index in [2.05, 4.69) is 105 Å². The highest BCUT2D eigenvalue weighted by atomic mass is 14.2. The molecule has 6 rings (SSSR count). The molecule has 0 heterocycles. The number of benzene rings is 6. The molecule has 0 nitrogen and oxygen atoms in total. The Morgan fingerprint density at radius 2 is 1.23 bits per heavy atom. The number of hydrogen-bond donors (Lipinski definition) is 0. The van der Waals surface area contributed by atoms with Crippen molar-refractivity contribution in [1.29, 1.82) is 0 Å². The summed E-state index contributed by atoms with van der Waals surface area (Å²) in [5.74, 6) is 0.665. The van der Waals surface area contributed by atoms with Crippen LogP contribution in [0.1, 0.15) is 19.4 Å². The zero-order chi connectivity index (χ0) is 20.2. The van der Waals surface area contributed by atoms with E-state index in [-0.39, 0.29) is 0 Å². The molecule has 0 saturated heterocycles. The van der Waals surface area contributed by atoms with Crippen molar-refractivity contribution in [2.75, 3.05) is 0 Å². The van der Waals surface area contributed by atoms with Crippen molar-refractivity contribution in [2.45, 2.75) is 20.3 Å². The van der Waals surface area contributed by atoms with E-state index in [9.17, 15) is 0 Å². The first-order chi connectivity index (χ1) is 14.7. The second-order valence-corrected chi connectivity index (χ2v) is 8.97. The van der Waals surface area contributed by atoms with Crippen molar-refractivity contribution < 1.29 is 0 Å². The summed E-state index contributed by atoms with van der Waals surface area (Å²) < 4.78 is 0. The van der Waals surface area contributed by atoms with Crippen molar-refractivity contribution >= 4 is 43.1 Å². The first kappa shape index (κ1) is 17.5. The Labute approximate surface area is 177 Å². The van der Waals surface area contributed by atoms with Crippen LogP contribution in [0.3, 0.4) is 0 Å². The van der Waals surface area contributed by atoms with Crippen LogP contribution in [0.2, 0.25) is 0 Å². The Hall–Kier alpha value is -3.38. The lowest BCUT2D eigenvalue weighted by Gasteiger charge is -2.16. The third-order valence-electron chi connectivity index (χ3n) is 6.36. The van der Waals surface area contributed by atoms with Gasteiger partial charge in [-0.1, -0.05) is 98.8 Å². The Morgan fingerprint density at radius 1 is 0.567 bits per heavy atom. The summed E-state index contributed by atoms with van der Waals surface area (Å²) in [5.41, 5.74) is 4.03. The lowest BCUT2D eigenvalue weighted by Crippen LogP contribution is -1.95. The molecule has 0 aromatic heterocycles. The lowest BCUT2D eigenvalue weighted by atomic mass is 9.88. The predicted octanol–water partition coefficient (Wildman–Crippen LogP) is 8.60. The van der Waals surface area contributed by atoms with Crippen LogP contribution in [0.25, 0.3) is 54.2 Å². The molecule has 0 aliphatic heterocycles. The highest BCUT2D eigenvalue weighted by Crippen LogP contribution is 2.40. The van der Waals surface area contributed by atoms with Gasteiger partial charge in [-0.25, -0.2) is 0 Å². The van der Waals surface area contributed by atoms with E-state index in [1.165, 1.54) is 59.8 Å². The number of rotatable bonds is 3. The third-order valence-corrected chi connectivity index (χ3v) is 6.36. The van der Waals surface area contributed by atoms with Gasteiger partial charge in [-0.05, 0) is 78.2 Å². The fourth-order valence-corrected chi connectivity index (χ4v) is 5.08. The van der Waals surface area contributed by atoms with Gasteiger partial charge in [0.05, 0.1) is 0 Å². The number of fused-ring (bicyclic) bond motifs is 1. The summed E-state index contributed by atoms with van der Waals surface area (Å²) in [6.07, 6.45) is 1.12. The fraction of sp³-hybridized carbons (Fsp3) is 0.133. The topological polar surface area (TPSA) is 0 Å². The molecule has 6 aromatic carbocycles. The minimum Gasteiger partial charge on any atom is -0.0625 e. The van der Waals surface area contributed by atoms with Gasteiger partial charge in [0, 0.05) is 0 Å². The van der Waals surface area contributed by atoms with Gasteiger partial charge in [-0.3, -0.25) is 0 Å². The Balaban J connectivity index is 1.64. The van der Waals surface area contributed by atoms with Crippen LogP contribution in [0.5, 0.6) is 0 Å². The van der Waals surface area contributed by atoms with Gasteiger partial charge < -0.3 is 0 Å². The second kappa shape index (κ2) is 6.57. The van der Waals surface area contributed by atoms with Crippen molar-refractivity contribution in [3.63, 3.8) is 0 Å². The summed E-state index contributed by atoms with van der Waals surface area (Å²) in [7, 11) is 0. The monoisotopic (exact) mass is 384 g/mol. The molecule has 0 N–H and O–H groups in total. The molecular formula is C30H24. The maximum Gasteiger partial charge on any atom is -0.00206 e. The molecule has 6 aromatic rings. The quantitative estimate of drug-likeness (QED) is 0.268. The van der Waals surface area contributed by atoms with Crippen LogP contribution in [-0.2, 0) is 6.42 Å². The molecule has 0 saturated carbocycles. The number of hydrogen-bond acceptors (Lipinski definition) is 0. The summed E-state index contributed by atoms with van der Waals surface area (Å²) >= 11 is 0. The van der Waals surface area contributed by atoms with Crippen molar-refractivity contribution in [1.82, 2.24) is 0 Å². The smallest absolute Gasteiger partial charge is 0.00206 e. The molecule has 0 amide bonds. The van der Waals surface area contributed by atoms with Crippen molar-refractivity contribution in [3.8, 4) is 11.1 Å². The molecule has 144 valence electrons. The minimum atomic E-state index is 0.665. The summed E-state index contributed by atoms with van der Waals surface area (Å²) in [6.45, 7) is 4.58. The van der Waals surface area contributed by atoms with Gasteiger partial charge in [0.25, 0.3) is 0 Å². The van der Waals surface area contributed by atoms with Crippen LogP contribution in [0.15, 0.2) is 91.0 Å². The normalized spacial score (nSPS) is 12.1. The van der Waals surface area contributed by atoms with Gasteiger partial charge in [0.2, 0.25) is 0 Å². The first-order valence-corrected chi connectivity index (χ1v) is 10.9. The van der Waals surface area contributed by atoms with E-state index >= 15 is 0 Å². The largest absolute Gasteiger partial charge is 0.0625 e. The van der Waals surface area contributed by atoms with Gasteiger partial charge in [0.1, 0.15) is 0 Å². The minimum absolute atomic E-state index is 0.665. The third kappa shape index (κ3) is 2.68. The van der Waals surface area contributed by atoms with Crippen LogP contribution >= 0.6 is 0 Å². The zero-order valence-corrected chi connectivity index (χ0v) is 17.4. The predicted molar refractivity (Wildman–Crippen MR) is 132 cm³/mol. The Morgan fingerprint density at radius 3 is 2.03 bits per heavy atom. The van der Waals surface area contributed by atoms with Crippen LogP contribution in [0.4, 0.5) is 0 Å². The fourth-order valence-electron chi connectivity index (χ4n) is 5.08. The molecule has 0 aliphatic carbocycles. The van der Waals surface area contributed by atoms with Crippen LogP contribution < -0.4 is 0 Å². The average molecular weight is 385 g/mol. The summed E-state index contributed by atoms with van der Waals surface area (Å²) in [6, 6.07) is 34.0. The molecule has 0 unspecified atom stereocenters. The van der Waals surface area contributed by atoms with E-state index in [1.807, 2.05) is 0 Å². The van der Waals surface area contributed by atoms with Gasteiger partial charge in [0.15, 0.2) is 0 Å². The standard InChI is InChI=1S/C30H24/c1-19(2)15-20-16-25-10-8-22-11-13-27(28-14-12-26(17-20)29(25)30(22)28)24-9-7-21-5-3-4-6-23(21)18-24/h3-14,16-19H,15H2,1-2H3. The molecule has 0 atom stereocenters. The molecule has 0 heteroatoms. The van der Waals surface area contributed by atoms with E-state index in [0.717, 1.165) is 6.42 Å². The van der Waals surface area contributed by atoms with E-state index in [0.29, 0.717) is 5.92 Å². The van der Waals surface area contributed by atoms with Gasteiger partial charge in [-0.15, -0.1) is 0 Å². The second-order valence-electron chi connectivity index (χ2n) is 8.97. The zero-order valence-electron chi connectivity index (χ0n) is 17.4. The highest BCUT2D eigenvalue weighted by molar-refractivity contribution is 6.25. The molecule has 0 radical (unpaired) electrons. The van der Waals surface area contributed by atoms with Crippen LogP contribution in [-0.4, -0.2) is 0 Å². The SMILES string of the molecule is CC(C)Cc1cc2ccc3ccc(-c4ccc5ccccc5c4)c4ccc(c1)c2c34. The molecular weight excluding hydrogens is 360 g/mol. The highest BCUT2D eigenvalue weighted by Gasteiger charge is 2.13. The molecule has 0 fully saturated rings. The molecule has 30 heavy (non-hydrogen) atoms. The maximum absolute atomic E-state index is 2.39. The lowest BCUT2D eigenvalue weighted by molar-refractivity contribution is 0.648. The first-order valence-electron chi connectivity index (χ1n) is 10.9. The molecule has 0 bridgehead atoms. The molecule has 0 spiro atoms.